The fraction of sp³-hybridized carbons (Fsp3) is 0.143. The van der Waals surface area contributed by atoms with Crippen LogP contribution in [0.25, 0.3) is 0 Å². The highest BCUT2D eigenvalue weighted by Gasteiger charge is 2.16. The summed E-state index contributed by atoms with van der Waals surface area (Å²) in [6.07, 6.45) is 0. The standard InChI is InChI=1S/C28H27NO4/c1-17-5-7-22(14-26(17)31)29(23-8-6-18(2)27(32)15-23)21-9-11-25(12-10-21)33-28-16-24(30)13-19(3)20(28)4/h5-16,30-32H,1-4H3. The van der Waals surface area contributed by atoms with Crippen molar-refractivity contribution in [1.82, 2.24) is 0 Å². The molecule has 0 aromatic heterocycles. The monoisotopic (exact) mass is 441 g/mol. The number of anilines is 3. The largest absolute Gasteiger partial charge is 0.508 e. The Morgan fingerprint density at radius 2 is 1.09 bits per heavy atom. The van der Waals surface area contributed by atoms with Crippen molar-refractivity contribution in [1.29, 1.82) is 0 Å². The average Bonchev–Trinajstić information content (AvgIpc) is 2.78. The van der Waals surface area contributed by atoms with Gasteiger partial charge >= 0.3 is 0 Å². The van der Waals surface area contributed by atoms with Crippen molar-refractivity contribution in [2.75, 3.05) is 4.90 Å². The molecule has 4 aromatic carbocycles. The molecule has 0 spiro atoms. The molecular formula is C28H27NO4. The van der Waals surface area contributed by atoms with Crippen LogP contribution in [0.3, 0.4) is 0 Å². The van der Waals surface area contributed by atoms with E-state index >= 15 is 0 Å². The predicted octanol–water partition coefficient (Wildman–Crippen LogP) is 7.30. The van der Waals surface area contributed by atoms with E-state index in [9.17, 15) is 15.3 Å². The van der Waals surface area contributed by atoms with Gasteiger partial charge in [-0.2, -0.15) is 0 Å². The minimum absolute atomic E-state index is 0.161. The summed E-state index contributed by atoms with van der Waals surface area (Å²) in [7, 11) is 0. The fourth-order valence-electron chi connectivity index (χ4n) is 3.63. The third kappa shape index (κ3) is 4.58. The maximum atomic E-state index is 10.3. The zero-order chi connectivity index (χ0) is 23.7. The molecule has 4 aromatic rings. The molecule has 0 aliphatic carbocycles. The van der Waals surface area contributed by atoms with Gasteiger partial charge in [0, 0.05) is 35.3 Å². The normalized spacial score (nSPS) is 10.8. The Kier molecular flexibility index (Phi) is 5.88. The number of rotatable bonds is 5. The molecule has 0 aliphatic heterocycles. The molecule has 0 saturated carbocycles. The van der Waals surface area contributed by atoms with Crippen LogP contribution in [0.4, 0.5) is 17.1 Å². The second kappa shape index (κ2) is 8.79. The molecule has 0 saturated heterocycles. The molecular weight excluding hydrogens is 414 g/mol. The van der Waals surface area contributed by atoms with E-state index in [4.69, 9.17) is 4.74 Å². The molecule has 3 N–H and O–H groups in total. The Bertz CT molecular complexity index is 1260. The fourth-order valence-corrected chi connectivity index (χ4v) is 3.63. The summed E-state index contributed by atoms with van der Waals surface area (Å²) >= 11 is 0. The third-order valence-electron chi connectivity index (χ3n) is 5.83. The van der Waals surface area contributed by atoms with Crippen LogP contribution < -0.4 is 9.64 Å². The Morgan fingerprint density at radius 3 is 1.61 bits per heavy atom. The Labute approximate surface area is 193 Å². The van der Waals surface area contributed by atoms with E-state index in [2.05, 4.69) is 0 Å². The lowest BCUT2D eigenvalue weighted by Crippen LogP contribution is -2.10. The first kappa shape index (κ1) is 22.1. The Morgan fingerprint density at radius 1 is 0.576 bits per heavy atom. The molecule has 5 nitrogen and oxygen atoms in total. The van der Waals surface area contributed by atoms with Crippen molar-refractivity contribution in [2.24, 2.45) is 0 Å². The van der Waals surface area contributed by atoms with Crippen LogP contribution in [0, 0.1) is 27.7 Å². The smallest absolute Gasteiger partial charge is 0.134 e. The zero-order valence-electron chi connectivity index (χ0n) is 19.1. The molecule has 0 atom stereocenters. The lowest BCUT2D eigenvalue weighted by Gasteiger charge is -2.26. The van der Waals surface area contributed by atoms with Gasteiger partial charge in [-0.1, -0.05) is 12.1 Å². The minimum Gasteiger partial charge on any atom is -0.508 e. The first-order valence-corrected chi connectivity index (χ1v) is 10.7. The van der Waals surface area contributed by atoms with Crippen LogP contribution in [-0.4, -0.2) is 15.3 Å². The highest BCUT2D eigenvalue weighted by Crippen LogP contribution is 2.40. The second-order valence-corrected chi connectivity index (χ2v) is 8.26. The van der Waals surface area contributed by atoms with Gasteiger partial charge in [0.2, 0.25) is 0 Å². The third-order valence-corrected chi connectivity index (χ3v) is 5.83. The number of ether oxygens (including phenoxy) is 1. The van der Waals surface area contributed by atoms with Crippen LogP contribution >= 0.6 is 0 Å². The molecule has 5 heteroatoms. The van der Waals surface area contributed by atoms with Gasteiger partial charge in [-0.05, 0) is 92.4 Å². The van der Waals surface area contributed by atoms with Crippen molar-refractivity contribution in [2.45, 2.75) is 27.7 Å². The van der Waals surface area contributed by atoms with Crippen molar-refractivity contribution in [3.63, 3.8) is 0 Å². The summed E-state index contributed by atoms with van der Waals surface area (Å²) in [6, 6.07) is 21.8. The van der Waals surface area contributed by atoms with E-state index in [1.54, 1.807) is 24.3 Å². The zero-order valence-corrected chi connectivity index (χ0v) is 19.1. The molecule has 0 bridgehead atoms. The van der Waals surface area contributed by atoms with Gasteiger partial charge in [0.05, 0.1) is 0 Å². The molecule has 0 unspecified atom stereocenters. The van der Waals surface area contributed by atoms with Gasteiger partial charge in [-0.15, -0.1) is 0 Å². The summed E-state index contributed by atoms with van der Waals surface area (Å²) in [5, 5.41) is 30.5. The number of phenols is 3. The van der Waals surface area contributed by atoms with E-state index in [0.29, 0.717) is 11.5 Å². The maximum Gasteiger partial charge on any atom is 0.134 e. The van der Waals surface area contributed by atoms with Crippen LogP contribution in [0.5, 0.6) is 28.7 Å². The van der Waals surface area contributed by atoms with Gasteiger partial charge < -0.3 is 25.0 Å². The second-order valence-electron chi connectivity index (χ2n) is 8.26. The first-order valence-electron chi connectivity index (χ1n) is 10.7. The predicted molar refractivity (Wildman–Crippen MR) is 132 cm³/mol. The van der Waals surface area contributed by atoms with Gasteiger partial charge in [0.1, 0.15) is 28.7 Å². The molecule has 0 heterocycles. The maximum absolute atomic E-state index is 10.3. The van der Waals surface area contributed by atoms with E-state index < -0.39 is 0 Å². The van der Waals surface area contributed by atoms with Gasteiger partial charge in [-0.3, -0.25) is 0 Å². The number of aromatic hydroxyl groups is 3. The molecule has 168 valence electrons. The number of aryl methyl sites for hydroxylation is 3. The molecule has 4 rings (SSSR count). The molecule has 0 amide bonds. The van der Waals surface area contributed by atoms with Crippen LogP contribution in [0.1, 0.15) is 22.3 Å². The molecule has 0 fully saturated rings. The van der Waals surface area contributed by atoms with Gasteiger partial charge in [0.15, 0.2) is 0 Å². The van der Waals surface area contributed by atoms with E-state index in [0.717, 1.165) is 39.3 Å². The lowest BCUT2D eigenvalue weighted by atomic mass is 10.1. The van der Waals surface area contributed by atoms with E-state index in [1.165, 1.54) is 0 Å². The number of nitrogens with zero attached hydrogens (tertiary/aromatic N) is 1. The molecule has 0 radical (unpaired) electrons. The van der Waals surface area contributed by atoms with Crippen LogP contribution in [0.15, 0.2) is 72.8 Å². The molecule has 0 aliphatic rings. The number of hydrogen-bond donors (Lipinski definition) is 3. The van der Waals surface area contributed by atoms with Crippen LogP contribution in [-0.2, 0) is 0 Å². The van der Waals surface area contributed by atoms with Crippen molar-refractivity contribution < 1.29 is 20.1 Å². The lowest BCUT2D eigenvalue weighted by molar-refractivity contribution is 0.452. The summed E-state index contributed by atoms with van der Waals surface area (Å²) in [4.78, 5) is 1.95. The van der Waals surface area contributed by atoms with E-state index in [-0.39, 0.29) is 17.2 Å². The van der Waals surface area contributed by atoms with Crippen LogP contribution in [0.2, 0.25) is 0 Å². The number of phenolic OH excluding ortho intramolecular Hbond substituents is 3. The number of hydrogen-bond acceptors (Lipinski definition) is 5. The quantitative estimate of drug-likeness (QED) is 0.303. The Hall–Kier alpha value is -4.12. The highest BCUT2D eigenvalue weighted by atomic mass is 16.5. The van der Waals surface area contributed by atoms with Gasteiger partial charge in [0.25, 0.3) is 0 Å². The summed E-state index contributed by atoms with van der Waals surface area (Å²) in [5.74, 6) is 1.79. The van der Waals surface area contributed by atoms with E-state index in [1.807, 2.05) is 81.1 Å². The topological polar surface area (TPSA) is 73.2 Å². The summed E-state index contributed by atoms with van der Waals surface area (Å²) in [5.41, 5.74) is 5.83. The SMILES string of the molecule is Cc1ccc(N(c2ccc(Oc3cc(O)cc(C)c3C)cc2)c2ccc(C)c(O)c2)cc1O. The number of benzene rings is 4. The summed E-state index contributed by atoms with van der Waals surface area (Å²) < 4.78 is 6.03. The van der Waals surface area contributed by atoms with Crippen molar-refractivity contribution in [3.05, 3.63) is 95.1 Å². The Balaban J connectivity index is 1.73. The summed E-state index contributed by atoms with van der Waals surface area (Å²) in [6.45, 7) is 7.57. The molecule has 33 heavy (non-hydrogen) atoms. The van der Waals surface area contributed by atoms with Crippen molar-refractivity contribution >= 4 is 17.1 Å². The highest BCUT2D eigenvalue weighted by molar-refractivity contribution is 5.78. The minimum atomic E-state index is 0.161. The first-order chi connectivity index (χ1) is 15.7. The average molecular weight is 442 g/mol. The van der Waals surface area contributed by atoms with Gasteiger partial charge in [-0.25, -0.2) is 0 Å². The van der Waals surface area contributed by atoms with Crippen molar-refractivity contribution in [3.8, 4) is 28.7 Å².